The van der Waals surface area contributed by atoms with Gasteiger partial charge in [-0.3, -0.25) is 9.13 Å². The molecule has 248 valence electrons. The third-order valence-corrected chi connectivity index (χ3v) is 10.6. The molecule has 0 unspecified atom stereocenters. The minimum absolute atomic E-state index is 0.890. The zero-order valence-electron chi connectivity index (χ0n) is 28.6. The Bertz CT molecular complexity index is 3150. The number of benzene rings is 7. The first-order valence-corrected chi connectivity index (χ1v) is 17.9. The zero-order valence-corrected chi connectivity index (χ0v) is 28.6. The lowest BCUT2D eigenvalue weighted by Crippen LogP contribution is -1.98. The average molecular weight is 678 g/mol. The predicted molar refractivity (Wildman–Crippen MR) is 219 cm³/mol. The number of aromatic nitrogens is 5. The minimum Gasteiger partial charge on any atom is -0.354 e. The predicted octanol–water partition coefficient (Wildman–Crippen LogP) is 12.2. The van der Waals surface area contributed by atoms with Gasteiger partial charge >= 0.3 is 0 Å². The summed E-state index contributed by atoms with van der Waals surface area (Å²) in [6.45, 7) is 0. The number of nitrogens with one attached hydrogen (secondary N) is 1. The molecule has 5 nitrogen and oxygen atoms in total. The highest BCUT2D eigenvalue weighted by Crippen LogP contribution is 2.40. The van der Waals surface area contributed by atoms with Crippen LogP contribution in [0.5, 0.6) is 0 Å². The van der Waals surface area contributed by atoms with Crippen LogP contribution in [0, 0.1) is 0 Å². The molecule has 1 N–H and O–H groups in total. The maximum atomic E-state index is 5.56. The summed E-state index contributed by atoms with van der Waals surface area (Å²) in [5.74, 6) is 1.78. The van der Waals surface area contributed by atoms with Gasteiger partial charge in [-0.25, -0.2) is 9.97 Å². The van der Waals surface area contributed by atoms with Crippen LogP contribution in [0.1, 0.15) is 0 Å². The van der Waals surface area contributed by atoms with Crippen LogP contribution in [0.15, 0.2) is 182 Å². The molecule has 0 amide bonds. The van der Waals surface area contributed by atoms with Crippen molar-refractivity contribution in [2.75, 3.05) is 0 Å². The molecule has 4 heterocycles. The molecular weight excluding hydrogens is 647 g/mol. The van der Waals surface area contributed by atoms with Crippen LogP contribution in [0.2, 0.25) is 0 Å². The summed E-state index contributed by atoms with van der Waals surface area (Å²) in [7, 11) is 0. The van der Waals surface area contributed by atoms with Crippen molar-refractivity contribution in [2.45, 2.75) is 0 Å². The second-order valence-electron chi connectivity index (χ2n) is 13.5. The molecular formula is C48H31N5. The van der Waals surface area contributed by atoms with Crippen molar-refractivity contribution in [3.63, 3.8) is 0 Å². The van der Waals surface area contributed by atoms with Gasteiger partial charge in [-0.2, -0.15) is 0 Å². The van der Waals surface area contributed by atoms with Crippen molar-refractivity contribution in [2.24, 2.45) is 0 Å². The summed E-state index contributed by atoms with van der Waals surface area (Å²) < 4.78 is 4.58. The molecule has 0 aliphatic carbocycles. The van der Waals surface area contributed by atoms with Crippen LogP contribution in [0.25, 0.3) is 99.8 Å². The van der Waals surface area contributed by atoms with Crippen molar-refractivity contribution < 1.29 is 0 Å². The van der Waals surface area contributed by atoms with E-state index in [0.717, 1.165) is 67.1 Å². The molecule has 0 bridgehead atoms. The van der Waals surface area contributed by atoms with E-state index in [0.29, 0.717) is 0 Å². The Morgan fingerprint density at radius 3 is 1.98 bits per heavy atom. The number of hydrogen-bond donors (Lipinski definition) is 1. The van der Waals surface area contributed by atoms with Crippen LogP contribution in [-0.2, 0) is 0 Å². The Morgan fingerprint density at radius 1 is 0.434 bits per heavy atom. The number of aromatic amines is 1. The Balaban J connectivity index is 1.17. The number of imidazole rings is 1. The van der Waals surface area contributed by atoms with Gasteiger partial charge in [0.25, 0.3) is 0 Å². The number of pyridine rings is 1. The normalized spacial score (nSPS) is 11.8. The van der Waals surface area contributed by atoms with Crippen LogP contribution in [-0.4, -0.2) is 24.1 Å². The minimum atomic E-state index is 0.890. The number of hydrogen-bond acceptors (Lipinski definition) is 2. The fourth-order valence-electron chi connectivity index (χ4n) is 8.14. The summed E-state index contributed by atoms with van der Waals surface area (Å²) in [4.78, 5) is 14.1. The van der Waals surface area contributed by atoms with Gasteiger partial charge in [0.05, 0.1) is 27.6 Å². The van der Waals surface area contributed by atoms with Gasteiger partial charge in [0.15, 0.2) is 0 Å². The molecule has 11 aromatic rings. The highest BCUT2D eigenvalue weighted by atomic mass is 15.1. The van der Waals surface area contributed by atoms with Gasteiger partial charge in [-0.05, 0) is 71.3 Å². The highest BCUT2D eigenvalue weighted by Gasteiger charge is 2.21. The molecule has 0 fully saturated rings. The molecule has 53 heavy (non-hydrogen) atoms. The van der Waals surface area contributed by atoms with Gasteiger partial charge < -0.3 is 4.98 Å². The smallest absolute Gasteiger partial charge is 0.147 e. The Kier molecular flexibility index (Phi) is 6.48. The number of para-hydroxylation sites is 4. The number of H-pyrrole nitrogens is 1. The van der Waals surface area contributed by atoms with Crippen LogP contribution in [0.3, 0.4) is 0 Å². The fraction of sp³-hybridized carbons (Fsp3) is 0. The lowest BCUT2D eigenvalue weighted by atomic mass is 10.0. The zero-order chi connectivity index (χ0) is 34.9. The van der Waals surface area contributed by atoms with Crippen molar-refractivity contribution in [1.82, 2.24) is 24.1 Å². The largest absolute Gasteiger partial charge is 0.354 e. The molecule has 0 saturated heterocycles. The van der Waals surface area contributed by atoms with Crippen molar-refractivity contribution in [3.8, 4) is 45.1 Å². The second kappa shape index (κ2) is 11.7. The van der Waals surface area contributed by atoms with E-state index in [-0.39, 0.29) is 0 Å². The summed E-state index contributed by atoms with van der Waals surface area (Å²) in [5.41, 5.74) is 13.1. The summed E-state index contributed by atoms with van der Waals surface area (Å²) in [6.07, 6.45) is 1.86. The van der Waals surface area contributed by atoms with E-state index in [1.54, 1.807) is 0 Å². The SMILES string of the molecule is c1ccc(-c2ccc(-n3c(-c4cccc5c4[nH]c4ccccc45)nc4c(-c5ccc6c7ccccc7n(-c7ccccn7)c6c5)cccc43)cc2)cc1. The average Bonchev–Trinajstić information content (AvgIpc) is 3.91. The van der Waals surface area contributed by atoms with E-state index < -0.39 is 0 Å². The van der Waals surface area contributed by atoms with E-state index in [9.17, 15) is 0 Å². The molecule has 5 heteroatoms. The Morgan fingerprint density at radius 2 is 1.11 bits per heavy atom. The van der Waals surface area contributed by atoms with Crippen LogP contribution >= 0.6 is 0 Å². The van der Waals surface area contributed by atoms with E-state index in [1.807, 2.05) is 18.3 Å². The van der Waals surface area contributed by atoms with Crippen molar-refractivity contribution in [3.05, 3.63) is 182 Å². The maximum Gasteiger partial charge on any atom is 0.147 e. The fourth-order valence-corrected chi connectivity index (χ4v) is 8.14. The van der Waals surface area contributed by atoms with E-state index >= 15 is 0 Å². The number of nitrogens with zero attached hydrogens (tertiary/aromatic N) is 4. The molecule has 0 atom stereocenters. The Labute approximate surface area is 305 Å². The first kappa shape index (κ1) is 29.5. The third-order valence-electron chi connectivity index (χ3n) is 10.6. The summed E-state index contributed by atoms with van der Waals surface area (Å²) in [6, 6.07) is 62.3. The first-order chi connectivity index (χ1) is 26.3. The second-order valence-corrected chi connectivity index (χ2v) is 13.5. The van der Waals surface area contributed by atoms with Gasteiger partial charge in [0.2, 0.25) is 0 Å². The quantitative estimate of drug-likeness (QED) is 0.197. The van der Waals surface area contributed by atoms with E-state index in [1.165, 1.54) is 32.7 Å². The van der Waals surface area contributed by atoms with Crippen molar-refractivity contribution in [1.29, 1.82) is 0 Å². The molecule has 0 aliphatic rings. The van der Waals surface area contributed by atoms with Gasteiger partial charge in [-0.1, -0.05) is 121 Å². The first-order valence-electron chi connectivity index (χ1n) is 17.9. The maximum absolute atomic E-state index is 5.56. The molecule has 0 spiro atoms. The van der Waals surface area contributed by atoms with Crippen molar-refractivity contribution >= 4 is 54.6 Å². The van der Waals surface area contributed by atoms with Crippen LogP contribution in [0.4, 0.5) is 0 Å². The van der Waals surface area contributed by atoms with Gasteiger partial charge in [0, 0.05) is 50.1 Å². The highest BCUT2D eigenvalue weighted by molar-refractivity contribution is 6.13. The molecule has 0 radical (unpaired) electrons. The van der Waals surface area contributed by atoms with E-state index in [2.05, 4.69) is 178 Å². The molecule has 7 aromatic carbocycles. The Hall–Kier alpha value is -7.24. The lowest BCUT2D eigenvalue weighted by molar-refractivity contribution is 1.08. The molecule has 0 saturated carbocycles. The molecule has 0 aliphatic heterocycles. The number of fused-ring (bicyclic) bond motifs is 7. The van der Waals surface area contributed by atoms with E-state index in [4.69, 9.17) is 9.97 Å². The third kappa shape index (κ3) is 4.57. The van der Waals surface area contributed by atoms with Gasteiger partial charge in [0.1, 0.15) is 11.6 Å². The van der Waals surface area contributed by atoms with Crippen LogP contribution < -0.4 is 0 Å². The lowest BCUT2D eigenvalue weighted by Gasteiger charge is -2.12. The molecule has 11 rings (SSSR count). The standard InChI is InChI=1S/C48H31N5/c1-2-12-31(13-3-1)32-23-26-34(27-24-32)52-43-21-11-16-35(47(43)51-48(52)40-18-10-17-39-36-14-4-6-19-41(36)50-46(39)40)33-25-28-38-37-15-5-7-20-42(37)53(44(38)30-33)45-22-8-9-29-49-45/h1-30,50H. The topological polar surface area (TPSA) is 51.4 Å². The summed E-state index contributed by atoms with van der Waals surface area (Å²) >= 11 is 0. The molecule has 4 aromatic heterocycles. The van der Waals surface area contributed by atoms with Gasteiger partial charge in [-0.15, -0.1) is 0 Å². The summed E-state index contributed by atoms with van der Waals surface area (Å²) in [5, 5.41) is 4.79. The monoisotopic (exact) mass is 677 g/mol. The number of rotatable bonds is 5.